The van der Waals surface area contributed by atoms with Crippen LogP contribution >= 0.6 is 0 Å². The molecule has 3 nitrogen and oxygen atoms in total. The first kappa shape index (κ1) is 12.6. The molecule has 0 unspecified atom stereocenters. The smallest absolute Gasteiger partial charge is 0.870 e. The summed E-state index contributed by atoms with van der Waals surface area (Å²) in [4.78, 5) is 3.81. The molecule has 1 rings (SSSR count). The van der Waals surface area contributed by atoms with Crippen LogP contribution in [0.25, 0.3) is 0 Å². The standard InChI is InChI=1S/C6H7NO.Na.H2O/c1-8-6-2-4-7-5-3-6;;/h2-5H,1H3;;1H2/q;+1;/p-1. The molecule has 0 spiro atoms. The Morgan fingerprint density at radius 3 is 2.10 bits per heavy atom. The Balaban J connectivity index is 0. The minimum atomic E-state index is 0. The van der Waals surface area contributed by atoms with Gasteiger partial charge in [0.2, 0.25) is 0 Å². The van der Waals surface area contributed by atoms with Gasteiger partial charge in [-0.25, -0.2) is 0 Å². The molecule has 0 aliphatic carbocycles. The van der Waals surface area contributed by atoms with E-state index in [0.717, 1.165) is 5.75 Å². The molecule has 1 aromatic rings. The van der Waals surface area contributed by atoms with Gasteiger partial charge in [0.1, 0.15) is 5.75 Å². The quantitative estimate of drug-likeness (QED) is 0.430. The SMILES string of the molecule is COc1ccncc1.[Na+].[OH-]. The summed E-state index contributed by atoms with van der Waals surface area (Å²) < 4.78 is 4.87. The molecule has 0 aliphatic rings. The predicted molar refractivity (Wildman–Crippen MR) is 32.7 cm³/mol. The van der Waals surface area contributed by atoms with E-state index in [1.54, 1.807) is 31.6 Å². The van der Waals surface area contributed by atoms with Crippen LogP contribution in [-0.2, 0) is 0 Å². The summed E-state index contributed by atoms with van der Waals surface area (Å²) in [5.74, 6) is 0.847. The van der Waals surface area contributed by atoms with Crippen molar-refractivity contribution in [1.82, 2.24) is 4.98 Å². The van der Waals surface area contributed by atoms with Crippen LogP contribution < -0.4 is 34.3 Å². The van der Waals surface area contributed by atoms with Crippen LogP contribution in [0.3, 0.4) is 0 Å². The van der Waals surface area contributed by atoms with E-state index in [-0.39, 0.29) is 35.0 Å². The summed E-state index contributed by atoms with van der Waals surface area (Å²) in [5, 5.41) is 0. The van der Waals surface area contributed by atoms with Crippen molar-refractivity contribution in [1.29, 1.82) is 0 Å². The van der Waals surface area contributed by atoms with Gasteiger partial charge in [-0.3, -0.25) is 4.98 Å². The third-order valence-electron chi connectivity index (χ3n) is 0.885. The molecule has 0 bridgehead atoms. The largest absolute Gasteiger partial charge is 1.00 e. The zero-order valence-corrected chi connectivity index (χ0v) is 8.11. The predicted octanol–water partition coefficient (Wildman–Crippen LogP) is -2.08. The second-order valence-electron chi connectivity index (χ2n) is 1.39. The molecule has 4 heteroatoms. The molecule has 0 amide bonds. The Morgan fingerprint density at radius 2 is 1.80 bits per heavy atom. The van der Waals surface area contributed by atoms with Gasteiger partial charge in [0.25, 0.3) is 0 Å². The summed E-state index contributed by atoms with van der Waals surface area (Å²) in [6.45, 7) is 0. The van der Waals surface area contributed by atoms with E-state index in [2.05, 4.69) is 4.98 Å². The minimum Gasteiger partial charge on any atom is -0.870 e. The van der Waals surface area contributed by atoms with Crippen molar-refractivity contribution in [2.45, 2.75) is 0 Å². The van der Waals surface area contributed by atoms with Crippen LogP contribution in [0.1, 0.15) is 0 Å². The van der Waals surface area contributed by atoms with Gasteiger partial charge in [-0.15, -0.1) is 0 Å². The number of hydrogen-bond donors (Lipinski definition) is 0. The topological polar surface area (TPSA) is 52.1 Å². The number of aromatic nitrogens is 1. The monoisotopic (exact) mass is 149 g/mol. The maximum absolute atomic E-state index is 4.87. The second kappa shape index (κ2) is 7.02. The molecule has 50 valence electrons. The van der Waals surface area contributed by atoms with E-state index in [1.807, 2.05) is 0 Å². The minimum absolute atomic E-state index is 0. The van der Waals surface area contributed by atoms with Gasteiger partial charge in [0, 0.05) is 12.4 Å². The van der Waals surface area contributed by atoms with Gasteiger partial charge >= 0.3 is 29.6 Å². The molecule has 0 fully saturated rings. The van der Waals surface area contributed by atoms with Gasteiger partial charge in [0.05, 0.1) is 7.11 Å². The van der Waals surface area contributed by atoms with Crippen LogP contribution in [0.5, 0.6) is 5.75 Å². The fourth-order valence-electron chi connectivity index (χ4n) is 0.474. The Hall–Kier alpha value is -0.0900. The van der Waals surface area contributed by atoms with E-state index in [0.29, 0.717) is 0 Å². The molecule has 0 saturated carbocycles. The first-order valence-corrected chi connectivity index (χ1v) is 2.37. The zero-order valence-electron chi connectivity index (χ0n) is 6.11. The van der Waals surface area contributed by atoms with Crippen LogP contribution in [0.15, 0.2) is 24.5 Å². The van der Waals surface area contributed by atoms with Gasteiger partial charge < -0.3 is 10.2 Å². The Bertz CT molecular complexity index is 157. The molecule has 0 saturated heterocycles. The van der Waals surface area contributed by atoms with Crippen molar-refractivity contribution < 1.29 is 39.8 Å². The summed E-state index contributed by atoms with van der Waals surface area (Å²) in [6, 6.07) is 3.61. The summed E-state index contributed by atoms with van der Waals surface area (Å²) in [5.41, 5.74) is 0. The van der Waals surface area contributed by atoms with Gasteiger partial charge in [-0.1, -0.05) is 0 Å². The summed E-state index contributed by atoms with van der Waals surface area (Å²) in [7, 11) is 1.63. The third kappa shape index (κ3) is 3.85. The van der Waals surface area contributed by atoms with Crippen molar-refractivity contribution in [2.24, 2.45) is 0 Å². The maximum atomic E-state index is 4.87. The Labute approximate surface area is 82.0 Å². The molecule has 1 aromatic heterocycles. The van der Waals surface area contributed by atoms with E-state index in [1.165, 1.54) is 0 Å². The Morgan fingerprint density at radius 1 is 1.30 bits per heavy atom. The fourth-order valence-corrected chi connectivity index (χ4v) is 0.474. The number of rotatable bonds is 1. The van der Waals surface area contributed by atoms with Crippen LogP contribution in [0.2, 0.25) is 0 Å². The third-order valence-corrected chi connectivity index (χ3v) is 0.885. The molecule has 0 atom stereocenters. The normalized spacial score (nSPS) is 6.90. The molecule has 0 aliphatic heterocycles. The first-order valence-electron chi connectivity index (χ1n) is 2.37. The number of pyridine rings is 1. The molecule has 1 N–H and O–H groups in total. The molecule has 1 heterocycles. The summed E-state index contributed by atoms with van der Waals surface area (Å²) in [6.07, 6.45) is 3.39. The van der Waals surface area contributed by atoms with Gasteiger partial charge in [-0.2, -0.15) is 0 Å². The second-order valence-corrected chi connectivity index (χ2v) is 1.39. The van der Waals surface area contributed by atoms with E-state index >= 15 is 0 Å². The van der Waals surface area contributed by atoms with Gasteiger partial charge in [-0.05, 0) is 12.1 Å². The summed E-state index contributed by atoms with van der Waals surface area (Å²) >= 11 is 0. The first-order chi connectivity index (χ1) is 3.93. The molecule has 10 heavy (non-hydrogen) atoms. The Kier molecular flexibility index (Phi) is 8.83. The van der Waals surface area contributed by atoms with Crippen molar-refractivity contribution >= 4 is 0 Å². The van der Waals surface area contributed by atoms with E-state index in [4.69, 9.17) is 4.74 Å². The number of ether oxygens (including phenoxy) is 1. The maximum Gasteiger partial charge on any atom is 1.00 e. The van der Waals surface area contributed by atoms with Crippen LogP contribution in [-0.4, -0.2) is 17.6 Å². The number of hydrogen-bond acceptors (Lipinski definition) is 3. The average Bonchev–Trinajstić information content (AvgIpc) is 1.90. The van der Waals surface area contributed by atoms with Crippen molar-refractivity contribution in [3.8, 4) is 5.75 Å². The van der Waals surface area contributed by atoms with Crippen molar-refractivity contribution in [3.63, 3.8) is 0 Å². The number of nitrogens with zero attached hydrogens (tertiary/aromatic N) is 1. The van der Waals surface area contributed by atoms with Crippen molar-refractivity contribution in [2.75, 3.05) is 7.11 Å². The van der Waals surface area contributed by atoms with Crippen molar-refractivity contribution in [3.05, 3.63) is 24.5 Å². The van der Waals surface area contributed by atoms with Crippen LogP contribution in [0, 0.1) is 0 Å². The molecule has 0 aromatic carbocycles. The zero-order chi connectivity index (χ0) is 5.82. The van der Waals surface area contributed by atoms with E-state index < -0.39 is 0 Å². The number of methoxy groups -OCH3 is 1. The van der Waals surface area contributed by atoms with E-state index in [9.17, 15) is 0 Å². The fraction of sp³-hybridized carbons (Fsp3) is 0.167. The van der Waals surface area contributed by atoms with Gasteiger partial charge in [0.15, 0.2) is 0 Å². The molecule has 0 radical (unpaired) electrons. The average molecular weight is 149 g/mol. The molecular weight excluding hydrogens is 141 g/mol. The van der Waals surface area contributed by atoms with Crippen LogP contribution in [0.4, 0.5) is 0 Å². The molecular formula is C6H8NNaO2.